The summed E-state index contributed by atoms with van der Waals surface area (Å²) in [5.74, 6) is 0.543. The van der Waals surface area contributed by atoms with E-state index < -0.39 is 0 Å². The largest absolute Gasteiger partial charge is 0.337 e. The number of carbonyl (C=O) groups excluding carboxylic acids is 1. The van der Waals surface area contributed by atoms with Gasteiger partial charge in [0.2, 0.25) is 0 Å². The quantitative estimate of drug-likeness (QED) is 0.850. The van der Waals surface area contributed by atoms with E-state index in [4.69, 9.17) is 0 Å². The molecule has 1 saturated heterocycles. The van der Waals surface area contributed by atoms with Crippen molar-refractivity contribution in [1.82, 2.24) is 14.9 Å². The molecule has 4 heteroatoms. The van der Waals surface area contributed by atoms with Crippen LogP contribution in [0, 0.1) is 6.92 Å². The van der Waals surface area contributed by atoms with Gasteiger partial charge >= 0.3 is 0 Å². The molecule has 0 spiro atoms. The molecule has 0 radical (unpaired) electrons. The molecule has 1 aromatic heterocycles. The molecule has 108 valence electrons. The Morgan fingerprint density at radius 1 is 1.14 bits per heavy atom. The van der Waals surface area contributed by atoms with E-state index in [0.717, 1.165) is 25.9 Å². The molecule has 0 N–H and O–H groups in total. The van der Waals surface area contributed by atoms with Crippen LogP contribution in [-0.4, -0.2) is 33.9 Å². The number of piperidine rings is 1. The highest BCUT2D eigenvalue weighted by atomic mass is 16.2. The van der Waals surface area contributed by atoms with E-state index in [2.05, 4.69) is 41.2 Å². The van der Waals surface area contributed by atoms with Crippen molar-refractivity contribution in [3.05, 3.63) is 59.7 Å². The van der Waals surface area contributed by atoms with Crippen molar-refractivity contribution in [2.75, 3.05) is 13.1 Å². The highest BCUT2D eigenvalue weighted by molar-refractivity contribution is 5.92. The Morgan fingerprint density at radius 3 is 2.48 bits per heavy atom. The lowest BCUT2D eigenvalue weighted by molar-refractivity contribution is 0.0706. The zero-order chi connectivity index (χ0) is 14.7. The lowest BCUT2D eigenvalue weighted by Crippen LogP contribution is -2.38. The third kappa shape index (κ3) is 3.10. The summed E-state index contributed by atoms with van der Waals surface area (Å²) in [5.41, 5.74) is 3.10. The number of hydrogen-bond acceptors (Lipinski definition) is 3. The molecule has 4 nitrogen and oxygen atoms in total. The predicted molar refractivity (Wildman–Crippen MR) is 81.1 cm³/mol. The first kappa shape index (κ1) is 13.7. The second-order valence-electron chi connectivity index (χ2n) is 5.57. The Bertz CT molecular complexity index is 602. The highest BCUT2D eigenvalue weighted by Crippen LogP contribution is 2.28. The van der Waals surface area contributed by atoms with Gasteiger partial charge in [-0.3, -0.25) is 9.78 Å². The van der Waals surface area contributed by atoms with E-state index in [9.17, 15) is 4.79 Å². The number of rotatable bonds is 2. The molecule has 0 aliphatic carbocycles. The molecule has 3 rings (SSSR count). The maximum absolute atomic E-state index is 12.3. The number of carbonyl (C=O) groups is 1. The van der Waals surface area contributed by atoms with Crippen molar-refractivity contribution in [3.8, 4) is 0 Å². The van der Waals surface area contributed by atoms with Gasteiger partial charge in [-0.15, -0.1) is 0 Å². The smallest absolute Gasteiger partial charge is 0.274 e. The third-order valence-corrected chi connectivity index (χ3v) is 4.11. The number of nitrogens with zero attached hydrogens (tertiary/aromatic N) is 3. The van der Waals surface area contributed by atoms with Gasteiger partial charge in [-0.05, 0) is 31.2 Å². The second-order valence-corrected chi connectivity index (χ2v) is 5.57. The minimum absolute atomic E-state index is 0.00884. The van der Waals surface area contributed by atoms with Gasteiger partial charge in [0.1, 0.15) is 5.69 Å². The number of aromatic nitrogens is 2. The standard InChI is InChI=1S/C17H19N3O/c1-13-2-4-14(5-3-13)15-6-10-20(11-7-15)17(21)16-12-18-8-9-19-16/h2-5,8-9,12,15H,6-7,10-11H2,1H3. The zero-order valence-electron chi connectivity index (χ0n) is 12.2. The van der Waals surface area contributed by atoms with Crippen molar-refractivity contribution in [1.29, 1.82) is 0 Å². The van der Waals surface area contributed by atoms with Crippen LogP contribution in [0.2, 0.25) is 0 Å². The summed E-state index contributed by atoms with van der Waals surface area (Å²) >= 11 is 0. The maximum atomic E-state index is 12.3. The molecule has 2 aromatic rings. The first-order valence-electron chi connectivity index (χ1n) is 7.36. The molecular formula is C17H19N3O. The number of likely N-dealkylation sites (tertiary alicyclic amines) is 1. The van der Waals surface area contributed by atoms with Gasteiger partial charge in [0.15, 0.2) is 0 Å². The second kappa shape index (κ2) is 6.04. The third-order valence-electron chi connectivity index (χ3n) is 4.11. The SMILES string of the molecule is Cc1ccc(C2CCN(C(=O)c3cnccn3)CC2)cc1. The molecule has 1 amide bonds. The zero-order valence-corrected chi connectivity index (χ0v) is 12.2. The normalized spacial score (nSPS) is 16.0. The van der Waals surface area contributed by atoms with Crippen LogP contribution in [-0.2, 0) is 0 Å². The van der Waals surface area contributed by atoms with E-state index in [1.807, 2.05) is 4.90 Å². The van der Waals surface area contributed by atoms with E-state index in [0.29, 0.717) is 11.6 Å². The molecular weight excluding hydrogens is 262 g/mol. The van der Waals surface area contributed by atoms with Gasteiger partial charge in [-0.2, -0.15) is 0 Å². The molecule has 1 aliphatic rings. The fourth-order valence-electron chi connectivity index (χ4n) is 2.83. The Morgan fingerprint density at radius 2 is 1.86 bits per heavy atom. The average Bonchev–Trinajstić information content (AvgIpc) is 2.56. The molecule has 21 heavy (non-hydrogen) atoms. The average molecular weight is 281 g/mol. The van der Waals surface area contributed by atoms with E-state index in [1.54, 1.807) is 12.4 Å². The Hall–Kier alpha value is -2.23. The number of amides is 1. The first-order chi connectivity index (χ1) is 10.2. The summed E-state index contributed by atoms with van der Waals surface area (Å²) in [6.45, 7) is 3.67. The van der Waals surface area contributed by atoms with Crippen LogP contribution in [0.25, 0.3) is 0 Å². The Kier molecular flexibility index (Phi) is 3.95. The predicted octanol–water partition coefficient (Wildman–Crippen LogP) is 2.80. The molecule has 1 aromatic carbocycles. The summed E-state index contributed by atoms with van der Waals surface area (Å²) in [6.07, 6.45) is 6.70. The minimum atomic E-state index is -0.00884. The molecule has 0 unspecified atom stereocenters. The van der Waals surface area contributed by atoms with Crippen molar-refractivity contribution in [2.24, 2.45) is 0 Å². The van der Waals surface area contributed by atoms with E-state index in [-0.39, 0.29) is 5.91 Å². The van der Waals surface area contributed by atoms with Gasteiger partial charge in [-0.1, -0.05) is 29.8 Å². The van der Waals surface area contributed by atoms with Crippen molar-refractivity contribution in [3.63, 3.8) is 0 Å². The fraction of sp³-hybridized carbons (Fsp3) is 0.353. The number of aryl methyl sites for hydroxylation is 1. The van der Waals surface area contributed by atoms with Crippen LogP contribution in [0.5, 0.6) is 0 Å². The maximum Gasteiger partial charge on any atom is 0.274 e. The monoisotopic (exact) mass is 281 g/mol. The number of benzene rings is 1. The molecule has 0 saturated carbocycles. The van der Waals surface area contributed by atoms with Crippen molar-refractivity contribution in [2.45, 2.75) is 25.7 Å². The lowest BCUT2D eigenvalue weighted by Gasteiger charge is -2.32. The van der Waals surface area contributed by atoms with Crippen molar-refractivity contribution < 1.29 is 4.79 Å². The van der Waals surface area contributed by atoms with Gasteiger partial charge in [-0.25, -0.2) is 4.98 Å². The van der Waals surface area contributed by atoms with Gasteiger partial charge in [0.25, 0.3) is 5.91 Å². The highest BCUT2D eigenvalue weighted by Gasteiger charge is 2.25. The first-order valence-corrected chi connectivity index (χ1v) is 7.36. The van der Waals surface area contributed by atoms with Gasteiger partial charge in [0.05, 0.1) is 6.20 Å². The molecule has 2 heterocycles. The lowest BCUT2D eigenvalue weighted by atomic mass is 9.89. The van der Waals surface area contributed by atoms with Crippen LogP contribution in [0.3, 0.4) is 0 Å². The minimum Gasteiger partial charge on any atom is -0.337 e. The van der Waals surface area contributed by atoms with Crippen LogP contribution in [0.15, 0.2) is 42.9 Å². The molecule has 1 fully saturated rings. The van der Waals surface area contributed by atoms with E-state index >= 15 is 0 Å². The van der Waals surface area contributed by atoms with Crippen LogP contribution >= 0.6 is 0 Å². The summed E-state index contributed by atoms with van der Waals surface area (Å²) in [6, 6.07) is 8.74. The molecule has 0 atom stereocenters. The summed E-state index contributed by atoms with van der Waals surface area (Å²) in [7, 11) is 0. The summed E-state index contributed by atoms with van der Waals surface area (Å²) < 4.78 is 0. The van der Waals surface area contributed by atoms with Crippen LogP contribution < -0.4 is 0 Å². The van der Waals surface area contributed by atoms with Crippen LogP contribution in [0.1, 0.15) is 40.4 Å². The number of hydrogen-bond donors (Lipinski definition) is 0. The van der Waals surface area contributed by atoms with Crippen LogP contribution in [0.4, 0.5) is 0 Å². The Balaban J connectivity index is 1.63. The van der Waals surface area contributed by atoms with Gasteiger partial charge < -0.3 is 4.90 Å². The summed E-state index contributed by atoms with van der Waals surface area (Å²) in [4.78, 5) is 22.2. The van der Waals surface area contributed by atoms with Crippen molar-refractivity contribution >= 4 is 5.91 Å². The summed E-state index contributed by atoms with van der Waals surface area (Å²) in [5, 5.41) is 0. The molecule has 1 aliphatic heterocycles. The Labute approximate surface area is 124 Å². The van der Waals surface area contributed by atoms with Gasteiger partial charge in [0, 0.05) is 25.5 Å². The fourth-order valence-corrected chi connectivity index (χ4v) is 2.83. The van der Waals surface area contributed by atoms with E-state index in [1.165, 1.54) is 17.3 Å². The molecule has 0 bridgehead atoms. The topological polar surface area (TPSA) is 46.1 Å².